The van der Waals surface area contributed by atoms with E-state index in [9.17, 15) is 18.0 Å². The van der Waals surface area contributed by atoms with Gasteiger partial charge in [-0.05, 0) is 18.1 Å². The standard InChI is InChI=1S/C35H42F3N5O6.2ClH/c1-3-47-34-39-31(45-2)27(32(40-34)49-23-35(36,37)38)20-41-18-26-19-42(33(44)29-22-46-16-17-48-29)14-15-43(26)28(21-41)30(24-10-6-4-7-11-24)25-12-8-5-9-13-25;;/h4-13,26,28-30H,3,14-23H2,1-2H3;2*1H/t26-,28?,29?;;/m1../s1. The number of carbonyl (C=O) groups excluding carboxylic acids is 1. The molecule has 0 spiro atoms. The highest BCUT2D eigenvalue weighted by molar-refractivity contribution is 5.85. The Morgan fingerprint density at radius 1 is 0.922 bits per heavy atom. The summed E-state index contributed by atoms with van der Waals surface area (Å²) in [6.45, 7) is 4.33. The van der Waals surface area contributed by atoms with Crippen molar-refractivity contribution in [1.29, 1.82) is 0 Å². The van der Waals surface area contributed by atoms with Gasteiger partial charge in [-0.25, -0.2) is 0 Å². The molecule has 0 N–H and O–H groups in total. The molecule has 4 heterocycles. The van der Waals surface area contributed by atoms with Gasteiger partial charge >= 0.3 is 12.2 Å². The Morgan fingerprint density at radius 3 is 2.18 bits per heavy atom. The third-order valence-electron chi connectivity index (χ3n) is 9.11. The molecule has 1 aromatic heterocycles. The lowest BCUT2D eigenvalue weighted by Gasteiger charge is -2.53. The number of rotatable bonds is 11. The lowest BCUT2D eigenvalue weighted by Crippen LogP contribution is -2.68. The molecule has 16 heteroatoms. The van der Waals surface area contributed by atoms with Gasteiger partial charge in [-0.2, -0.15) is 23.1 Å². The zero-order valence-corrected chi connectivity index (χ0v) is 30.1. The second kappa shape index (κ2) is 18.4. The number of amides is 1. The van der Waals surface area contributed by atoms with Crippen molar-refractivity contribution in [2.24, 2.45) is 0 Å². The van der Waals surface area contributed by atoms with Crippen molar-refractivity contribution in [2.75, 3.05) is 72.9 Å². The number of halogens is 5. The smallest absolute Gasteiger partial charge is 0.422 e. The molecular weight excluding hydrogens is 714 g/mol. The van der Waals surface area contributed by atoms with Crippen LogP contribution >= 0.6 is 24.8 Å². The first kappa shape index (κ1) is 40.4. The predicted molar refractivity (Wildman–Crippen MR) is 187 cm³/mol. The third-order valence-corrected chi connectivity index (χ3v) is 9.11. The average molecular weight is 759 g/mol. The summed E-state index contributed by atoms with van der Waals surface area (Å²) >= 11 is 0. The highest BCUT2D eigenvalue weighted by atomic mass is 35.5. The number of carbonyl (C=O) groups is 1. The van der Waals surface area contributed by atoms with Gasteiger partial charge in [-0.15, -0.1) is 24.8 Å². The van der Waals surface area contributed by atoms with E-state index >= 15 is 0 Å². The first-order chi connectivity index (χ1) is 23.7. The van der Waals surface area contributed by atoms with E-state index in [1.54, 1.807) is 6.92 Å². The van der Waals surface area contributed by atoms with Gasteiger partial charge in [0, 0.05) is 57.3 Å². The van der Waals surface area contributed by atoms with Crippen LogP contribution in [0.3, 0.4) is 0 Å². The number of ether oxygens (including phenoxy) is 5. The van der Waals surface area contributed by atoms with Gasteiger partial charge in [-0.1, -0.05) is 60.7 Å². The Morgan fingerprint density at radius 2 is 1.59 bits per heavy atom. The van der Waals surface area contributed by atoms with E-state index in [1.165, 1.54) is 7.11 Å². The second-order valence-corrected chi connectivity index (χ2v) is 12.3. The number of nitrogens with zero attached hydrogens (tertiary/aromatic N) is 5. The molecular formula is C35H44Cl2F3N5O6. The maximum Gasteiger partial charge on any atom is 0.422 e. The molecule has 51 heavy (non-hydrogen) atoms. The number of aromatic nitrogens is 2. The minimum atomic E-state index is -4.58. The van der Waals surface area contributed by atoms with Crippen molar-refractivity contribution in [2.45, 2.75) is 43.8 Å². The molecule has 280 valence electrons. The van der Waals surface area contributed by atoms with Crippen molar-refractivity contribution >= 4 is 30.7 Å². The molecule has 0 aliphatic carbocycles. The van der Waals surface area contributed by atoms with Gasteiger partial charge in [-0.3, -0.25) is 14.6 Å². The number of methoxy groups -OCH3 is 1. The van der Waals surface area contributed by atoms with Gasteiger partial charge in [0.25, 0.3) is 5.91 Å². The molecule has 11 nitrogen and oxygen atoms in total. The lowest BCUT2D eigenvalue weighted by atomic mass is 9.81. The molecule has 3 aliphatic heterocycles. The zero-order chi connectivity index (χ0) is 34.4. The van der Waals surface area contributed by atoms with Gasteiger partial charge < -0.3 is 28.6 Å². The summed E-state index contributed by atoms with van der Waals surface area (Å²) in [6, 6.07) is 20.3. The maximum atomic E-state index is 13.6. The molecule has 0 bridgehead atoms. The largest absolute Gasteiger partial charge is 0.481 e. The molecule has 0 radical (unpaired) electrons. The van der Waals surface area contributed by atoms with Crippen LogP contribution in [0.1, 0.15) is 29.5 Å². The Labute approximate surface area is 308 Å². The Hall–Kier alpha value is -3.40. The first-order valence-corrected chi connectivity index (χ1v) is 16.6. The Kier molecular flexibility index (Phi) is 14.6. The molecule has 2 aromatic carbocycles. The number of benzene rings is 2. The average Bonchev–Trinajstić information content (AvgIpc) is 3.12. The Bertz CT molecular complexity index is 1500. The molecule has 3 aliphatic rings. The number of hydrogen-bond donors (Lipinski definition) is 0. The van der Waals surface area contributed by atoms with Crippen LogP contribution in [0.4, 0.5) is 13.2 Å². The van der Waals surface area contributed by atoms with Crippen LogP contribution in [0.15, 0.2) is 60.7 Å². The van der Waals surface area contributed by atoms with Crippen molar-refractivity contribution < 1.29 is 41.7 Å². The molecule has 1 amide bonds. The van der Waals surface area contributed by atoms with Gasteiger partial charge in [0.1, 0.15) is 0 Å². The highest BCUT2D eigenvalue weighted by Crippen LogP contribution is 2.38. The topological polar surface area (TPSA) is 98.7 Å². The minimum absolute atomic E-state index is 0. The summed E-state index contributed by atoms with van der Waals surface area (Å²) < 4.78 is 67.6. The first-order valence-electron chi connectivity index (χ1n) is 16.6. The van der Waals surface area contributed by atoms with Gasteiger partial charge in [0.05, 0.1) is 39.1 Å². The molecule has 0 saturated carbocycles. The van der Waals surface area contributed by atoms with E-state index in [2.05, 4.69) is 44.0 Å². The molecule has 3 aromatic rings. The number of alkyl halides is 3. The van der Waals surface area contributed by atoms with Crippen LogP contribution < -0.4 is 14.2 Å². The van der Waals surface area contributed by atoms with Crippen molar-refractivity contribution in [3.63, 3.8) is 0 Å². The van der Waals surface area contributed by atoms with Crippen molar-refractivity contribution in [3.05, 3.63) is 77.4 Å². The minimum Gasteiger partial charge on any atom is -0.481 e. The predicted octanol–water partition coefficient (Wildman–Crippen LogP) is 4.61. The summed E-state index contributed by atoms with van der Waals surface area (Å²) in [5.74, 6) is -0.305. The fourth-order valence-electron chi connectivity index (χ4n) is 7.04. The number of fused-ring (bicyclic) bond motifs is 1. The second-order valence-electron chi connectivity index (χ2n) is 12.3. The van der Waals surface area contributed by atoms with E-state index in [1.807, 2.05) is 41.3 Å². The van der Waals surface area contributed by atoms with E-state index < -0.39 is 18.9 Å². The summed E-state index contributed by atoms with van der Waals surface area (Å²) in [7, 11) is 1.40. The SMILES string of the molecule is CCOc1nc(OC)c(CN2CC(C(c3ccccc3)c3ccccc3)N3CCN(C(=O)C4COCCO4)C[C@H]3C2)c(OCC(F)(F)F)n1.Cl.Cl. The van der Waals surface area contributed by atoms with Crippen LogP contribution in [0, 0.1) is 0 Å². The van der Waals surface area contributed by atoms with E-state index in [0.29, 0.717) is 45.9 Å². The summed E-state index contributed by atoms with van der Waals surface area (Å²) in [5.41, 5.74) is 2.57. The zero-order valence-electron chi connectivity index (χ0n) is 28.5. The van der Waals surface area contributed by atoms with Gasteiger partial charge in [0.15, 0.2) is 12.7 Å². The molecule has 3 fully saturated rings. The summed E-state index contributed by atoms with van der Waals surface area (Å²) in [5, 5.41) is 0. The maximum absolute atomic E-state index is 13.6. The van der Waals surface area contributed by atoms with E-state index in [4.69, 9.17) is 23.7 Å². The number of hydrogen-bond acceptors (Lipinski definition) is 10. The normalized spacial score (nSPS) is 21.2. The molecule has 2 unspecified atom stereocenters. The van der Waals surface area contributed by atoms with Crippen molar-refractivity contribution in [1.82, 2.24) is 24.7 Å². The van der Waals surface area contributed by atoms with Crippen LogP contribution in [0.2, 0.25) is 0 Å². The fourth-order valence-corrected chi connectivity index (χ4v) is 7.04. The van der Waals surface area contributed by atoms with Crippen molar-refractivity contribution in [3.8, 4) is 17.8 Å². The molecule has 3 atom stereocenters. The number of piperazine rings is 2. The van der Waals surface area contributed by atoms with Crippen LogP contribution in [0.25, 0.3) is 0 Å². The molecule has 3 saturated heterocycles. The van der Waals surface area contributed by atoms with Gasteiger partial charge in [0.2, 0.25) is 11.8 Å². The monoisotopic (exact) mass is 757 g/mol. The van der Waals surface area contributed by atoms with Crippen LogP contribution in [-0.4, -0.2) is 128 Å². The van der Waals surface area contributed by atoms with Crippen LogP contribution in [-0.2, 0) is 20.8 Å². The Balaban J connectivity index is 0.00000292. The van der Waals surface area contributed by atoms with E-state index in [-0.39, 0.29) is 91.8 Å². The quantitative estimate of drug-likeness (QED) is 0.276. The summed E-state index contributed by atoms with van der Waals surface area (Å²) in [4.78, 5) is 28.6. The lowest BCUT2D eigenvalue weighted by molar-refractivity contribution is -0.162. The highest BCUT2D eigenvalue weighted by Gasteiger charge is 2.44. The van der Waals surface area contributed by atoms with Crippen LogP contribution in [0.5, 0.6) is 17.8 Å². The fraction of sp³-hybridized carbons (Fsp3) is 0.514. The molecule has 6 rings (SSSR count). The third kappa shape index (κ3) is 9.93. The summed E-state index contributed by atoms with van der Waals surface area (Å²) in [6.07, 6.45) is -5.22. The van der Waals surface area contributed by atoms with E-state index in [0.717, 1.165) is 11.1 Å².